The molecule has 0 aromatic carbocycles. The largest absolute Gasteiger partial charge is 0.481 e. The maximum absolute atomic E-state index is 10.4. The van der Waals surface area contributed by atoms with Crippen LogP contribution in [0.5, 0.6) is 0 Å². The summed E-state index contributed by atoms with van der Waals surface area (Å²) in [5.41, 5.74) is 0. The number of rotatable bonds is 25. The third-order valence-corrected chi connectivity index (χ3v) is 6.32. The molecule has 3 heteroatoms. The number of aliphatic hydroxyl groups excluding tert-OH is 1. The van der Waals surface area contributed by atoms with Crippen LogP contribution in [0, 0.1) is 0 Å². The van der Waals surface area contributed by atoms with Crippen LogP contribution in [0.1, 0.15) is 161 Å². The first kappa shape index (κ1) is 29.4. The van der Waals surface area contributed by atoms with Gasteiger partial charge in [0.2, 0.25) is 0 Å². The van der Waals surface area contributed by atoms with E-state index in [0.717, 1.165) is 25.7 Å². The number of unbranched alkanes of at least 4 members (excludes halogenated alkanes) is 19. The summed E-state index contributed by atoms with van der Waals surface area (Å²) in [6.45, 7) is 2.25. The van der Waals surface area contributed by atoms with Gasteiger partial charge < -0.3 is 10.2 Å². The molecule has 0 aliphatic heterocycles. The van der Waals surface area contributed by atoms with Crippen LogP contribution in [0.3, 0.4) is 0 Å². The molecular formula is C27H54O3. The van der Waals surface area contributed by atoms with Gasteiger partial charge in [-0.2, -0.15) is 0 Å². The standard InChI is InChI=1S/C27H54O3/c1-2-3-4-17-20-23-26(28)24-21-18-15-13-11-9-7-5-6-8-10-12-14-16-19-22-25-27(29)30/h26,28H,2-25H2,1H3,(H,29,30). The monoisotopic (exact) mass is 426 g/mol. The van der Waals surface area contributed by atoms with Crippen molar-refractivity contribution in [3.05, 3.63) is 0 Å². The van der Waals surface area contributed by atoms with Crippen molar-refractivity contribution >= 4 is 5.97 Å². The number of hydrogen-bond donors (Lipinski definition) is 2. The van der Waals surface area contributed by atoms with E-state index in [2.05, 4.69) is 6.92 Å². The quantitative estimate of drug-likeness (QED) is 0.143. The fraction of sp³-hybridized carbons (Fsp3) is 0.963. The van der Waals surface area contributed by atoms with Gasteiger partial charge in [0.05, 0.1) is 6.10 Å². The Morgan fingerprint density at radius 2 is 0.833 bits per heavy atom. The first-order valence-corrected chi connectivity index (χ1v) is 13.6. The van der Waals surface area contributed by atoms with Crippen molar-refractivity contribution in [2.24, 2.45) is 0 Å². The fourth-order valence-corrected chi connectivity index (χ4v) is 4.26. The first-order valence-electron chi connectivity index (χ1n) is 13.6. The Hall–Kier alpha value is -0.570. The molecule has 0 radical (unpaired) electrons. The van der Waals surface area contributed by atoms with Crippen molar-refractivity contribution in [3.8, 4) is 0 Å². The second-order valence-electron chi connectivity index (χ2n) is 9.45. The smallest absolute Gasteiger partial charge is 0.303 e. The number of aliphatic hydroxyl groups is 1. The summed E-state index contributed by atoms with van der Waals surface area (Å²) >= 11 is 0. The summed E-state index contributed by atoms with van der Waals surface area (Å²) in [6, 6.07) is 0. The van der Waals surface area contributed by atoms with Crippen LogP contribution in [0.25, 0.3) is 0 Å². The summed E-state index contributed by atoms with van der Waals surface area (Å²) < 4.78 is 0. The molecule has 30 heavy (non-hydrogen) atoms. The summed E-state index contributed by atoms with van der Waals surface area (Å²) in [6.07, 6.45) is 29.4. The highest BCUT2D eigenvalue weighted by Crippen LogP contribution is 2.16. The zero-order valence-corrected chi connectivity index (χ0v) is 20.4. The Labute approximate surface area is 188 Å². The lowest BCUT2D eigenvalue weighted by Crippen LogP contribution is -2.05. The maximum atomic E-state index is 10.4. The lowest BCUT2D eigenvalue weighted by atomic mass is 10.0. The van der Waals surface area contributed by atoms with Crippen molar-refractivity contribution < 1.29 is 15.0 Å². The second kappa shape index (κ2) is 24.7. The van der Waals surface area contributed by atoms with Crippen LogP contribution >= 0.6 is 0 Å². The molecule has 1 atom stereocenters. The molecular weight excluding hydrogens is 372 g/mol. The normalized spacial score (nSPS) is 12.3. The highest BCUT2D eigenvalue weighted by molar-refractivity contribution is 5.66. The van der Waals surface area contributed by atoms with E-state index < -0.39 is 5.97 Å². The number of carboxylic acid groups (broad SMARTS) is 1. The molecule has 0 saturated carbocycles. The molecule has 0 spiro atoms. The van der Waals surface area contributed by atoms with Crippen molar-refractivity contribution in [2.75, 3.05) is 0 Å². The molecule has 1 unspecified atom stereocenters. The van der Waals surface area contributed by atoms with Crippen LogP contribution < -0.4 is 0 Å². The Morgan fingerprint density at radius 1 is 0.533 bits per heavy atom. The van der Waals surface area contributed by atoms with E-state index >= 15 is 0 Å². The third kappa shape index (κ3) is 25.5. The third-order valence-electron chi connectivity index (χ3n) is 6.32. The number of hydrogen-bond acceptors (Lipinski definition) is 2. The van der Waals surface area contributed by atoms with Crippen LogP contribution in [-0.2, 0) is 4.79 Å². The predicted molar refractivity (Wildman–Crippen MR) is 130 cm³/mol. The van der Waals surface area contributed by atoms with Crippen molar-refractivity contribution in [1.82, 2.24) is 0 Å². The SMILES string of the molecule is CCCCCCCC(O)CCCCCCCCCCCCCCCCCCC(=O)O. The molecule has 0 amide bonds. The maximum Gasteiger partial charge on any atom is 0.303 e. The van der Waals surface area contributed by atoms with E-state index in [1.165, 1.54) is 122 Å². The molecule has 0 fully saturated rings. The molecule has 0 saturated heterocycles. The lowest BCUT2D eigenvalue weighted by Gasteiger charge is -2.10. The predicted octanol–water partition coefficient (Wildman–Crippen LogP) is 8.81. The summed E-state index contributed by atoms with van der Waals surface area (Å²) in [5.74, 6) is -0.659. The molecule has 0 bridgehead atoms. The average Bonchev–Trinajstić information content (AvgIpc) is 2.72. The van der Waals surface area contributed by atoms with Crippen molar-refractivity contribution in [2.45, 2.75) is 167 Å². The van der Waals surface area contributed by atoms with Gasteiger partial charge in [0.1, 0.15) is 0 Å². The summed E-state index contributed by atoms with van der Waals surface area (Å²) in [5, 5.41) is 18.6. The second-order valence-corrected chi connectivity index (χ2v) is 9.45. The minimum absolute atomic E-state index is 0.0523. The summed E-state index contributed by atoms with van der Waals surface area (Å²) in [4.78, 5) is 10.4. The minimum Gasteiger partial charge on any atom is -0.481 e. The topological polar surface area (TPSA) is 57.5 Å². The molecule has 0 heterocycles. The van der Waals surface area contributed by atoms with Gasteiger partial charge in [0.25, 0.3) is 0 Å². The van der Waals surface area contributed by atoms with E-state index in [1.807, 2.05) is 0 Å². The van der Waals surface area contributed by atoms with E-state index in [4.69, 9.17) is 5.11 Å². The zero-order valence-electron chi connectivity index (χ0n) is 20.4. The highest BCUT2D eigenvalue weighted by Gasteiger charge is 2.03. The van der Waals surface area contributed by atoms with Gasteiger partial charge in [-0.1, -0.05) is 135 Å². The highest BCUT2D eigenvalue weighted by atomic mass is 16.4. The fourth-order valence-electron chi connectivity index (χ4n) is 4.26. The average molecular weight is 427 g/mol. The van der Waals surface area contributed by atoms with Gasteiger partial charge in [-0.3, -0.25) is 4.79 Å². The summed E-state index contributed by atoms with van der Waals surface area (Å²) in [7, 11) is 0. The number of aliphatic carboxylic acids is 1. The first-order chi connectivity index (χ1) is 14.7. The Kier molecular flexibility index (Phi) is 24.2. The van der Waals surface area contributed by atoms with E-state index in [-0.39, 0.29) is 6.10 Å². The zero-order chi connectivity index (χ0) is 22.1. The lowest BCUT2D eigenvalue weighted by molar-refractivity contribution is -0.137. The van der Waals surface area contributed by atoms with Gasteiger partial charge in [-0.15, -0.1) is 0 Å². The Bertz CT molecular complexity index is 343. The molecule has 0 aromatic rings. The molecule has 0 aliphatic carbocycles. The van der Waals surface area contributed by atoms with E-state index in [0.29, 0.717) is 6.42 Å². The van der Waals surface area contributed by atoms with Gasteiger partial charge >= 0.3 is 5.97 Å². The molecule has 0 aromatic heterocycles. The van der Waals surface area contributed by atoms with Gasteiger partial charge in [0.15, 0.2) is 0 Å². The minimum atomic E-state index is -0.659. The molecule has 2 N–H and O–H groups in total. The van der Waals surface area contributed by atoms with Crippen LogP contribution in [0.15, 0.2) is 0 Å². The molecule has 0 aliphatic rings. The van der Waals surface area contributed by atoms with Gasteiger partial charge in [0, 0.05) is 6.42 Å². The van der Waals surface area contributed by atoms with Crippen LogP contribution in [-0.4, -0.2) is 22.3 Å². The van der Waals surface area contributed by atoms with Crippen LogP contribution in [0.4, 0.5) is 0 Å². The molecule has 180 valence electrons. The number of carbonyl (C=O) groups is 1. The molecule has 3 nitrogen and oxygen atoms in total. The molecule has 0 rings (SSSR count). The Morgan fingerprint density at radius 3 is 1.17 bits per heavy atom. The number of carboxylic acids is 1. The van der Waals surface area contributed by atoms with Crippen molar-refractivity contribution in [3.63, 3.8) is 0 Å². The van der Waals surface area contributed by atoms with Gasteiger partial charge in [-0.25, -0.2) is 0 Å². The van der Waals surface area contributed by atoms with Gasteiger partial charge in [-0.05, 0) is 19.3 Å². The van der Waals surface area contributed by atoms with E-state index in [9.17, 15) is 9.90 Å². The van der Waals surface area contributed by atoms with Crippen molar-refractivity contribution in [1.29, 1.82) is 0 Å². The van der Waals surface area contributed by atoms with E-state index in [1.54, 1.807) is 0 Å². The van der Waals surface area contributed by atoms with Crippen LogP contribution in [0.2, 0.25) is 0 Å². The Balaban J connectivity index is 3.10.